The number of sulfonamides is 1. The molecular weight excluding hydrogens is 336 g/mol. The Balaban J connectivity index is 2.20. The molecule has 118 valence electrons. The number of nitrogens with zero attached hydrogens (tertiary/aromatic N) is 1. The van der Waals surface area contributed by atoms with E-state index < -0.39 is 14.9 Å². The Morgan fingerprint density at radius 2 is 2.19 bits per heavy atom. The van der Waals surface area contributed by atoms with Crippen LogP contribution < -0.4 is 4.72 Å². The molecule has 0 aromatic carbocycles. The third kappa shape index (κ3) is 3.39. The molecule has 0 bridgehead atoms. The average Bonchev–Trinajstić information content (AvgIpc) is 2.94. The van der Waals surface area contributed by atoms with Gasteiger partial charge in [-0.25, -0.2) is 13.1 Å². The Hall–Kier alpha value is -0.700. The zero-order valence-electron chi connectivity index (χ0n) is 11.7. The average molecular weight is 353 g/mol. The summed E-state index contributed by atoms with van der Waals surface area (Å²) in [5.74, 6) is 0.772. The van der Waals surface area contributed by atoms with Crippen LogP contribution in [0.3, 0.4) is 0 Å². The normalized spacial score (nSPS) is 26.1. The van der Waals surface area contributed by atoms with Crippen LogP contribution in [0.1, 0.15) is 33.1 Å². The maximum atomic E-state index is 12.3. The van der Waals surface area contributed by atoms with Crippen LogP contribution in [0.4, 0.5) is 5.69 Å². The van der Waals surface area contributed by atoms with Crippen LogP contribution in [0, 0.1) is 22.0 Å². The second kappa shape index (κ2) is 6.20. The first-order chi connectivity index (χ1) is 9.76. The summed E-state index contributed by atoms with van der Waals surface area (Å²) in [7, 11) is -3.76. The van der Waals surface area contributed by atoms with E-state index in [1.54, 1.807) is 0 Å². The van der Waals surface area contributed by atoms with Crippen LogP contribution in [-0.2, 0) is 10.0 Å². The molecule has 0 aliphatic heterocycles. The second-order valence-electron chi connectivity index (χ2n) is 5.31. The van der Waals surface area contributed by atoms with Gasteiger partial charge in [0, 0.05) is 12.1 Å². The molecule has 9 heteroatoms. The van der Waals surface area contributed by atoms with Crippen LogP contribution in [0.5, 0.6) is 0 Å². The molecule has 1 heterocycles. The lowest BCUT2D eigenvalue weighted by molar-refractivity contribution is -0.384. The van der Waals surface area contributed by atoms with Gasteiger partial charge in [0.25, 0.3) is 15.7 Å². The third-order valence-electron chi connectivity index (χ3n) is 4.17. The maximum absolute atomic E-state index is 12.3. The van der Waals surface area contributed by atoms with Gasteiger partial charge in [-0.2, -0.15) is 0 Å². The van der Waals surface area contributed by atoms with E-state index in [1.165, 1.54) is 0 Å². The standard InChI is InChI=1S/C12H17ClN2O4S2/c1-3-8-4-5-9(7(8)2)14-21(18,19)11-6-10(15(16)17)12(13)20-11/h6-9,14H,3-5H2,1-2H3. The number of halogens is 1. The molecule has 1 saturated carbocycles. The van der Waals surface area contributed by atoms with Crippen molar-refractivity contribution in [3.05, 3.63) is 20.5 Å². The minimum atomic E-state index is -3.76. The molecular formula is C12H17ClN2O4S2. The van der Waals surface area contributed by atoms with Gasteiger partial charge in [0.2, 0.25) is 0 Å². The minimum Gasteiger partial charge on any atom is -0.258 e. The highest BCUT2D eigenvalue weighted by Gasteiger charge is 2.35. The Morgan fingerprint density at radius 3 is 2.67 bits per heavy atom. The quantitative estimate of drug-likeness (QED) is 0.649. The Kier molecular flexibility index (Phi) is 4.92. The molecule has 3 unspecified atom stereocenters. The summed E-state index contributed by atoms with van der Waals surface area (Å²) in [5.41, 5.74) is -0.368. The highest BCUT2D eigenvalue weighted by molar-refractivity contribution is 7.91. The van der Waals surface area contributed by atoms with Crippen LogP contribution in [0.25, 0.3) is 0 Å². The van der Waals surface area contributed by atoms with E-state index >= 15 is 0 Å². The zero-order chi connectivity index (χ0) is 15.8. The molecule has 1 fully saturated rings. The molecule has 1 aromatic heterocycles. The van der Waals surface area contributed by atoms with E-state index in [-0.39, 0.29) is 26.2 Å². The van der Waals surface area contributed by atoms with Crippen molar-refractivity contribution in [3.63, 3.8) is 0 Å². The van der Waals surface area contributed by atoms with Gasteiger partial charge in [0.1, 0.15) is 4.21 Å². The van der Waals surface area contributed by atoms with E-state index in [1.807, 2.05) is 6.92 Å². The number of thiophene rings is 1. The monoisotopic (exact) mass is 352 g/mol. The number of rotatable bonds is 5. The van der Waals surface area contributed by atoms with E-state index in [0.29, 0.717) is 17.3 Å². The van der Waals surface area contributed by atoms with Crippen LogP contribution in [0.2, 0.25) is 4.34 Å². The number of nitrogens with one attached hydrogen (secondary N) is 1. The molecule has 21 heavy (non-hydrogen) atoms. The maximum Gasteiger partial charge on any atom is 0.300 e. The van der Waals surface area contributed by atoms with Gasteiger partial charge in [-0.15, -0.1) is 11.3 Å². The first-order valence-electron chi connectivity index (χ1n) is 6.72. The molecule has 0 radical (unpaired) electrons. The van der Waals surface area contributed by atoms with Crippen molar-refractivity contribution in [2.24, 2.45) is 11.8 Å². The van der Waals surface area contributed by atoms with Gasteiger partial charge < -0.3 is 0 Å². The van der Waals surface area contributed by atoms with Gasteiger partial charge in [0.15, 0.2) is 4.34 Å². The molecule has 3 atom stereocenters. The third-order valence-corrected chi connectivity index (χ3v) is 7.47. The highest BCUT2D eigenvalue weighted by Crippen LogP contribution is 2.38. The summed E-state index contributed by atoms with van der Waals surface area (Å²) in [5, 5.41) is 10.8. The summed E-state index contributed by atoms with van der Waals surface area (Å²) in [6, 6.07) is 0.895. The van der Waals surface area contributed by atoms with E-state index in [2.05, 4.69) is 11.6 Å². The fourth-order valence-electron chi connectivity index (χ4n) is 2.84. The number of hydrogen-bond acceptors (Lipinski definition) is 5. The van der Waals surface area contributed by atoms with Crippen LogP contribution in [-0.4, -0.2) is 19.4 Å². The Bertz CT molecular complexity index is 644. The predicted octanol–water partition coefficient (Wildman–Crippen LogP) is 3.41. The molecule has 6 nitrogen and oxygen atoms in total. The van der Waals surface area contributed by atoms with Gasteiger partial charge in [0.05, 0.1) is 4.92 Å². The summed E-state index contributed by atoms with van der Waals surface area (Å²) in [6.45, 7) is 4.14. The molecule has 2 rings (SSSR count). The van der Waals surface area contributed by atoms with Crippen molar-refractivity contribution in [2.75, 3.05) is 0 Å². The summed E-state index contributed by atoms with van der Waals surface area (Å²) in [6.07, 6.45) is 2.81. The Morgan fingerprint density at radius 1 is 1.52 bits per heavy atom. The summed E-state index contributed by atoms with van der Waals surface area (Å²) >= 11 is 6.44. The lowest BCUT2D eigenvalue weighted by Gasteiger charge is -2.20. The Labute approximate surface area is 132 Å². The lowest BCUT2D eigenvalue weighted by atomic mass is 9.94. The van der Waals surface area contributed by atoms with E-state index in [9.17, 15) is 18.5 Å². The molecule has 1 aliphatic carbocycles. The summed E-state index contributed by atoms with van der Waals surface area (Å²) in [4.78, 5) is 10.1. The molecule has 1 aliphatic rings. The predicted molar refractivity (Wildman–Crippen MR) is 82.3 cm³/mol. The first kappa shape index (κ1) is 16.7. The largest absolute Gasteiger partial charge is 0.300 e. The van der Waals surface area contributed by atoms with Gasteiger partial charge in [-0.1, -0.05) is 31.9 Å². The van der Waals surface area contributed by atoms with Gasteiger partial charge >= 0.3 is 0 Å². The molecule has 1 N–H and O–H groups in total. The SMILES string of the molecule is CCC1CCC(NS(=O)(=O)c2cc([N+](=O)[O-])c(Cl)s2)C1C. The van der Waals surface area contributed by atoms with Gasteiger partial charge in [-0.05, 0) is 24.7 Å². The van der Waals surface area contributed by atoms with E-state index in [4.69, 9.17) is 11.6 Å². The van der Waals surface area contributed by atoms with Crippen LogP contribution in [0.15, 0.2) is 10.3 Å². The lowest BCUT2D eigenvalue weighted by Crippen LogP contribution is -2.37. The van der Waals surface area contributed by atoms with Crippen molar-refractivity contribution >= 4 is 38.6 Å². The smallest absolute Gasteiger partial charge is 0.258 e. The zero-order valence-corrected chi connectivity index (χ0v) is 14.1. The van der Waals surface area contributed by atoms with Crippen molar-refractivity contribution in [1.29, 1.82) is 0 Å². The van der Waals surface area contributed by atoms with Crippen molar-refractivity contribution in [1.82, 2.24) is 4.72 Å². The summed E-state index contributed by atoms with van der Waals surface area (Å²) < 4.78 is 27.1. The van der Waals surface area contributed by atoms with Crippen molar-refractivity contribution in [2.45, 2.75) is 43.4 Å². The second-order valence-corrected chi connectivity index (χ2v) is 8.91. The first-order valence-corrected chi connectivity index (χ1v) is 9.40. The van der Waals surface area contributed by atoms with Crippen LogP contribution >= 0.6 is 22.9 Å². The number of nitro groups is 1. The fourth-order valence-corrected chi connectivity index (χ4v) is 5.89. The molecule has 1 aromatic rings. The minimum absolute atomic E-state index is 0.105. The fraction of sp³-hybridized carbons (Fsp3) is 0.667. The molecule has 0 saturated heterocycles. The number of hydrogen-bond donors (Lipinski definition) is 1. The van der Waals surface area contributed by atoms with Crippen molar-refractivity contribution < 1.29 is 13.3 Å². The molecule has 0 spiro atoms. The van der Waals surface area contributed by atoms with Crippen molar-refractivity contribution in [3.8, 4) is 0 Å². The molecule has 0 amide bonds. The van der Waals surface area contributed by atoms with E-state index in [0.717, 1.165) is 25.3 Å². The topological polar surface area (TPSA) is 89.3 Å². The van der Waals surface area contributed by atoms with Gasteiger partial charge in [-0.3, -0.25) is 10.1 Å². The highest BCUT2D eigenvalue weighted by atomic mass is 35.5.